The van der Waals surface area contributed by atoms with E-state index >= 15 is 0 Å². The molecule has 8 heavy (non-hydrogen) atoms. The zero-order valence-corrected chi connectivity index (χ0v) is 5.22. The monoisotopic (exact) mass is 129 g/mol. The lowest BCUT2D eigenvalue weighted by Crippen LogP contribution is -1.85. The first-order valence-corrected chi connectivity index (χ1v) is 3.23. The number of hydrogen-bond donors (Lipinski definition) is 0. The summed E-state index contributed by atoms with van der Waals surface area (Å²) < 4.78 is 0. The second kappa shape index (κ2) is 2.56. The second-order valence-electron chi connectivity index (χ2n) is 1.09. The van der Waals surface area contributed by atoms with Gasteiger partial charge in [0, 0.05) is 0 Å². The molecule has 0 saturated heterocycles. The Morgan fingerprint density at radius 1 is 1.38 bits per heavy atom. The lowest BCUT2D eigenvalue weighted by molar-refractivity contribution is 1.06. The molecule has 0 saturated carbocycles. The Balaban J connectivity index is 2.60. The van der Waals surface area contributed by atoms with E-state index in [-0.39, 0.29) is 0 Å². The van der Waals surface area contributed by atoms with Crippen molar-refractivity contribution >= 4 is 16.5 Å². The van der Waals surface area contributed by atoms with Crippen LogP contribution in [0.25, 0.3) is 0 Å². The summed E-state index contributed by atoms with van der Waals surface area (Å²) in [4.78, 5) is 0. The molecule has 0 aromatic carbocycles. The molecule has 0 aromatic rings. The fourth-order valence-electron chi connectivity index (χ4n) is 0.323. The molecular formula is C3H5N4S+. The van der Waals surface area contributed by atoms with Crippen molar-refractivity contribution in [3.05, 3.63) is 0 Å². The highest BCUT2D eigenvalue weighted by Gasteiger charge is 2.09. The molecule has 1 aliphatic heterocycles. The van der Waals surface area contributed by atoms with E-state index in [9.17, 15) is 0 Å². The smallest absolute Gasteiger partial charge is 0.0485 e. The number of nitrogens with zero attached hydrogens (tertiary/aromatic N) is 4. The van der Waals surface area contributed by atoms with E-state index in [4.69, 9.17) is 0 Å². The van der Waals surface area contributed by atoms with Gasteiger partial charge in [-0.15, -0.1) is 0 Å². The van der Waals surface area contributed by atoms with Gasteiger partial charge < -0.3 is 0 Å². The fourth-order valence-corrected chi connectivity index (χ4v) is 0.770. The third-order valence-corrected chi connectivity index (χ3v) is 1.28. The Kier molecular flexibility index (Phi) is 1.74. The topological polar surface area (TPSA) is 49.4 Å². The third kappa shape index (κ3) is 1.13. The van der Waals surface area contributed by atoms with E-state index in [1.165, 1.54) is 11.4 Å². The van der Waals surface area contributed by atoms with Crippen molar-refractivity contribution in [2.75, 3.05) is 5.75 Å². The van der Waals surface area contributed by atoms with Crippen LogP contribution in [0.2, 0.25) is 0 Å². The van der Waals surface area contributed by atoms with Crippen molar-refractivity contribution in [2.24, 2.45) is 20.7 Å². The molecule has 0 N–H and O–H groups in total. The first-order valence-electron chi connectivity index (χ1n) is 2.25. The molecule has 42 valence electrons. The Morgan fingerprint density at radius 2 is 2.00 bits per heavy atom. The van der Waals surface area contributed by atoms with E-state index in [1.54, 1.807) is 0 Å². The van der Waals surface area contributed by atoms with Crippen molar-refractivity contribution in [1.29, 1.82) is 0 Å². The van der Waals surface area contributed by atoms with Gasteiger partial charge in [0.2, 0.25) is 11.4 Å². The van der Waals surface area contributed by atoms with Gasteiger partial charge in [0.15, 0.2) is 5.75 Å². The molecular weight excluding hydrogens is 124 g/mol. The van der Waals surface area contributed by atoms with Crippen LogP contribution in [0.3, 0.4) is 0 Å². The summed E-state index contributed by atoms with van der Waals surface area (Å²) in [5.74, 6) is 0.966. The molecule has 1 aliphatic rings. The minimum Gasteiger partial charge on any atom is -0.0485 e. The minimum atomic E-state index is 0.660. The normalized spacial score (nSPS) is 15.4. The van der Waals surface area contributed by atoms with Crippen molar-refractivity contribution < 1.29 is 0 Å². The summed E-state index contributed by atoms with van der Waals surface area (Å²) in [5, 5.41) is 14.5. The first-order chi connectivity index (χ1) is 3.93. The highest BCUT2D eigenvalue weighted by atomic mass is 32.1. The molecule has 1 rings (SSSR count). The zero-order chi connectivity index (χ0) is 5.82. The van der Waals surface area contributed by atoms with Crippen molar-refractivity contribution in [2.45, 2.75) is 6.92 Å². The Morgan fingerprint density at radius 3 is 2.50 bits per heavy atom. The lowest BCUT2D eigenvalue weighted by atomic mass is 11.0. The van der Waals surface area contributed by atoms with Crippen LogP contribution in [0.1, 0.15) is 6.92 Å². The molecule has 4 nitrogen and oxygen atoms in total. The van der Waals surface area contributed by atoms with E-state index < -0.39 is 0 Å². The molecule has 0 bridgehead atoms. The first kappa shape index (κ1) is 5.43. The second-order valence-corrected chi connectivity index (χ2v) is 2.33. The SMILES string of the molecule is CC[S+]=C1N=NN=N1. The van der Waals surface area contributed by atoms with Gasteiger partial charge in [-0.05, 0) is 27.6 Å². The molecule has 0 aromatic heterocycles. The van der Waals surface area contributed by atoms with E-state index in [0.717, 1.165) is 5.75 Å². The molecule has 0 amide bonds. The van der Waals surface area contributed by atoms with Gasteiger partial charge in [-0.3, -0.25) is 0 Å². The standard InChI is InChI=1S/C3H5N4S/c1-2-8-3-4-6-7-5-3/h2H2,1H3/q+1. The predicted molar refractivity (Wildman–Crippen MR) is 32.6 cm³/mol. The summed E-state index contributed by atoms with van der Waals surface area (Å²) in [6.45, 7) is 2.03. The molecule has 0 atom stereocenters. The Hall–Kier alpha value is -0.710. The van der Waals surface area contributed by atoms with Crippen molar-refractivity contribution in [3.63, 3.8) is 0 Å². The van der Waals surface area contributed by atoms with Crippen LogP contribution in [0.5, 0.6) is 0 Å². The van der Waals surface area contributed by atoms with Gasteiger partial charge in [0.05, 0.1) is 0 Å². The average Bonchev–Trinajstić information content (AvgIpc) is 2.19. The highest BCUT2D eigenvalue weighted by Crippen LogP contribution is 1.94. The summed E-state index contributed by atoms with van der Waals surface area (Å²) in [5.41, 5.74) is 0. The van der Waals surface area contributed by atoms with E-state index in [1.807, 2.05) is 6.92 Å². The van der Waals surface area contributed by atoms with Crippen molar-refractivity contribution in [3.8, 4) is 0 Å². The van der Waals surface area contributed by atoms with Crippen LogP contribution >= 0.6 is 0 Å². The molecule has 0 unspecified atom stereocenters. The van der Waals surface area contributed by atoms with Crippen LogP contribution in [-0.4, -0.2) is 10.9 Å². The number of hydrogen-bond acceptors (Lipinski definition) is 2. The maximum absolute atomic E-state index is 3.60. The maximum atomic E-state index is 3.60. The zero-order valence-electron chi connectivity index (χ0n) is 4.40. The summed E-state index contributed by atoms with van der Waals surface area (Å²) in [6.07, 6.45) is 0. The van der Waals surface area contributed by atoms with Crippen LogP contribution in [0.15, 0.2) is 20.7 Å². The molecule has 0 radical (unpaired) electrons. The summed E-state index contributed by atoms with van der Waals surface area (Å²) in [7, 11) is 0. The van der Waals surface area contributed by atoms with Crippen LogP contribution < -0.4 is 0 Å². The largest absolute Gasteiger partial charge is 0.455 e. The van der Waals surface area contributed by atoms with Gasteiger partial charge in [0.1, 0.15) is 0 Å². The molecule has 0 spiro atoms. The van der Waals surface area contributed by atoms with Gasteiger partial charge in [-0.1, -0.05) is 0 Å². The number of rotatable bonds is 1. The highest BCUT2D eigenvalue weighted by molar-refractivity contribution is 7.78. The summed E-state index contributed by atoms with van der Waals surface area (Å²) in [6, 6.07) is 0. The Labute approximate surface area is 50.7 Å². The average molecular weight is 129 g/mol. The van der Waals surface area contributed by atoms with E-state index in [2.05, 4.69) is 20.7 Å². The van der Waals surface area contributed by atoms with Crippen LogP contribution in [0.4, 0.5) is 0 Å². The van der Waals surface area contributed by atoms with Crippen LogP contribution in [-0.2, 0) is 11.4 Å². The molecule has 5 heteroatoms. The predicted octanol–water partition coefficient (Wildman–Crippen LogP) is 1.01. The summed E-state index contributed by atoms with van der Waals surface area (Å²) >= 11 is 1.53. The van der Waals surface area contributed by atoms with Gasteiger partial charge >= 0.3 is 5.11 Å². The third-order valence-electron chi connectivity index (χ3n) is 0.574. The Bertz CT molecular complexity index is 145. The lowest BCUT2D eigenvalue weighted by Gasteiger charge is -1.58. The van der Waals surface area contributed by atoms with E-state index in [0.29, 0.717) is 5.11 Å². The van der Waals surface area contributed by atoms with Crippen molar-refractivity contribution in [1.82, 2.24) is 0 Å². The minimum absolute atomic E-state index is 0.660. The quantitative estimate of drug-likeness (QED) is 0.375. The molecule has 0 aliphatic carbocycles. The maximum Gasteiger partial charge on any atom is 0.455 e. The van der Waals surface area contributed by atoms with Gasteiger partial charge in [-0.2, -0.15) is 0 Å². The van der Waals surface area contributed by atoms with Gasteiger partial charge in [-0.25, -0.2) is 0 Å². The van der Waals surface area contributed by atoms with Gasteiger partial charge in [0.25, 0.3) is 0 Å². The van der Waals surface area contributed by atoms with Crippen LogP contribution in [0, 0.1) is 0 Å². The molecule has 1 heterocycles. The fraction of sp³-hybridized carbons (Fsp3) is 0.667. The molecule has 0 fully saturated rings.